The van der Waals surface area contributed by atoms with E-state index in [0.29, 0.717) is 11.6 Å². The Morgan fingerprint density at radius 3 is 2.25 bits per heavy atom. The second-order valence-corrected chi connectivity index (χ2v) is 15.3. The van der Waals surface area contributed by atoms with Crippen molar-refractivity contribution in [3.8, 4) is 34.3 Å². The van der Waals surface area contributed by atoms with Crippen LogP contribution in [0.15, 0.2) is 139 Å². The number of hydrogen-bond donors (Lipinski definition) is 0. The number of pyridine rings is 1. The van der Waals surface area contributed by atoms with E-state index in [9.17, 15) is 5.26 Å². The van der Waals surface area contributed by atoms with E-state index in [-0.39, 0.29) is 11.5 Å². The second-order valence-electron chi connectivity index (χ2n) is 15.3. The minimum Gasteiger partial charge on any atom is -0.308 e. The number of para-hydroxylation sites is 1. The quantitative estimate of drug-likeness (QED) is 0.181. The number of piperidine rings is 2. The smallest absolute Gasteiger partial charge is 0.145 e. The third-order valence-corrected chi connectivity index (χ3v) is 12.6. The van der Waals surface area contributed by atoms with Crippen molar-refractivity contribution < 1.29 is 0 Å². The minimum absolute atomic E-state index is 0.0279. The van der Waals surface area contributed by atoms with Gasteiger partial charge in [-0.05, 0) is 98.0 Å². The summed E-state index contributed by atoms with van der Waals surface area (Å²) in [6.45, 7) is 4.85. The SMILES string of the molecule is CC12C3=CC(c4c5c(-c6ccccc6)nc(C#N)c(C6CC=Cc7ccccc76)c5c(-c5ccccc5)n4-c4ccccc4)=CC1CCCN2CCC3. The summed E-state index contributed by atoms with van der Waals surface area (Å²) in [5.74, 6) is 0.391. The predicted octanol–water partition coefficient (Wildman–Crippen LogP) is 11.4. The molecule has 2 saturated heterocycles. The Labute approximate surface area is 312 Å². The lowest BCUT2D eigenvalue weighted by molar-refractivity contribution is 0.0350. The maximum atomic E-state index is 11.1. The van der Waals surface area contributed by atoms with Crippen molar-refractivity contribution in [1.82, 2.24) is 14.5 Å². The number of benzene rings is 4. The Morgan fingerprint density at radius 2 is 1.47 bits per heavy atom. The first kappa shape index (κ1) is 31.9. The largest absolute Gasteiger partial charge is 0.308 e. The van der Waals surface area contributed by atoms with Gasteiger partial charge in [-0.2, -0.15) is 5.26 Å². The van der Waals surface area contributed by atoms with Crippen LogP contribution in [0.1, 0.15) is 73.0 Å². The molecule has 258 valence electrons. The van der Waals surface area contributed by atoms with Gasteiger partial charge in [-0.15, -0.1) is 0 Å². The fourth-order valence-corrected chi connectivity index (χ4v) is 10.1. The van der Waals surface area contributed by atoms with Crippen molar-refractivity contribution in [1.29, 1.82) is 5.26 Å². The highest BCUT2D eigenvalue weighted by Gasteiger charge is 2.48. The van der Waals surface area contributed by atoms with Gasteiger partial charge in [-0.1, -0.05) is 127 Å². The van der Waals surface area contributed by atoms with Crippen LogP contribution in [0.4, 0.5) is 0 Å². The van der Waals surface area contributed by atoms with Gasteiger partial charge in [-0.3, -0.25) is 4.90 Å². The number of nitrogens with zero attached hydrogens (tertiary/aromatic N) is 4. The van der Waals surface area contributed by atoms with E-state index in [0.717, 1.165) is 57.4 Å². The predicted molar refractivity (Wildman–Crippen MR) is 217 cm³/mol. The van der Waals surface area contributed by atoms with Gasteiger partial charge in [0, 0.05) is 39.0 Å². The molecule has 4 nitrogen and oxygen atoms in total. The van der Waals surface area contributed by atoms with Crippen LogP contribution >= 0.6 is 0 Å². The van der Waals surface area contributed by atoms with E-state index in [1.165, 1.54) is 54.7 Å². The van der Waals surface area contributed by atoms with Crippen molar-refractivity contribution in [2.45, 2.75) is 50.5 Å². The van der Waals surface area contributed by atoms with E-state index in [2.05, 4.69) is 162 Å². The highest BCUT2D eigenvalue weighted by atomic mass is 15.2. The third kappa shape index (κ3) is 4.95. The van der Waals surface area contributed by atoms with Crippen LogP contribution in [-0.2, 0) is 0 Å². The second kappa shape index (κ2) is 12.7. The standard InChI is InChI=1S/C49H42N4/c1-49-37-22-14-28-52(49)29-15-23-38(49)31-36(30-37)48-45-44(47(35-19-7-3-8-20-35)53(48)39-24-9-4-10-25-39)43(41-27-13-21-33-16-11-12-26-40(33)41)42(32-50)51-46(45)34-17-5-2-6-18-34/h2-13,16-21,24-26,30-31,37,41H,14-15,22-23,27-29H2,1H3. The fraction of sp³-hybridized carbons (Fsp3) is 0.224. The van der Waals surface area contributed by atoms with Gasteiger partial charge < -0.3 is 4.57 Å². The molecule has 3 unspecified atom stereocenters. The summed E-state index contributed by atoms with van der Waals surface area (Å²) in [5, 5.41) is 13.4. The molecule has 3 atom stereocenters. The van der Waals surface area contributed by atoms with E-state index < -0.39 is 0 Å². The van der Waals surface area contributed by atoms with Crippen LogP contribution in [0, 0.1) is 17.2 Å². The average molecular weight is 687 g/mol. The van der Waals surface area contributed by atoms with Crippen molar-refractivity contribution in [2.75, 3.05) is 13.1 Å². The summed E-state index contributed by atoms with van der Waals surface area (Å²) in [6.07, 6.45) is 15.2. The first-order valence-electron chi connectivity index (χ1n) is 19.3. The molecule has 0 amide bonds. The van der Waals surface area contributed by atoms with Crippen LogP contribution < -0.4 is 0 Å². The summed E-state index contributed by atoms with van der Waals surface area (Å²) in [7, 11) is 0. The number of allylic oxidation sites excluding steroid dienone is 3. The van der Waals surface area contributed by atoms with Gasteiger partial charge in [0.15, 0.2) is 0 Å². The topological polar surface area (TPSA) is 44.9 Å². The van der Waals surface area contributed by atoms with Crippen LogP contribution in [0.25, 0.3) is 50.6 Å². The Hall–Kier alpha value is -5.76. The monoisotopic (exact) mass is 686 g/mol. The Kier molecular flexibility index (Phi) is 7.67. The lowest BCUT2D eigenvalue weighted by Crippen LogP contribution is -2.59. The molecule has 4 aromatic carbocycles. The van der Waals surface area contributed by atoms with Crippen molar-refractivity contribution in [3.05, 3.63) is 167 Å². The first-order chi connectivity index (χ1) is 26.1. The van der Waals surface area contributed by atoms with Crippen LogP contribution in [0.5, 0.6) is 0 Å². The third-order valence-electron chi connectivity index (χ3n) is 12.6. The first-order valence-corrected chi connectivity index (χ1v) is 19.3. The zero-order valence-corrected chi connectivity index (χ0v) is 30.2. The zero-order chi connectivity index (χ0) is 35.5. The highest BCUT2D eigenvalue weighted by Crippen LogP contribution is 2.53. The number of fused-ring (bicyclic) bond motifs is 2. The molecule has 2 aliphatic heterocycles. The molecule has 4 heterocycles. The molecule has 0 bridgehead atoms. The Balaban J connectivity index is 1.41. The van der Waals surface area contributed by atoms with Gasteiger partial charge in [0.2, 0.25) is 0 Å². The minimum atomic E-state index is -0.0279. The average Bonchev–Trinajstić information content (AvgIpc) is 3.57. The normalized spacial score (nSPS) is 22.0. The highest BCUT2D eigenvalue weighted by molar-refractivity contribution is 6.13. The molecule has 0 spiro atoms. The lowest BCUT2D eigenvalue weighted by Gasteiger charge is -2.55. The summed E-state index contributed by atoms with van der Waals surface area (Å²) in [5.41, 5.74) is 13.2. The molecule has 0 radical (unpaired) electrons. The van der Waals surface area contributed by atoms with Gasteiger partial charge in [0.25, 0.3) is 0 Å². The molecular formula is C49H42N4. The molecular weight excluding hydrogens is 645 g/mol. The Morgan fingerprint density at radius 1 is 0.774 bits per heavy atom. The maximum Gasteiger partial charge on any atom is 0.145 e. The zero-order valence-electron chi connectivity index (χ0n) is 30.2. The molecule has 2 fully saturated rings. The van der Waals surface area contributed by atoms with Gasteiger partial charge in [-0.25, -0.2) is 4.98 Å². The van der Waals surface area contributed by atoms with Crippen LogP contribution in [-0.4, -0.2) is 33.1 Å². The summed E-state index contributed by atoms with van der Waals surface area (Å²) >= 11 is 0. The molecule has 2 aliphatic carbocycles. The summed E-state index contributed by atoms with van der Waals surface area (Å²) in [4.78, 5) is 8.20. The van der Waals surface area contributed by atoms with Gasteiger partial charge in [0.1, 0.15) is 11.8 Å². The molecule has 0 saturated carbocycles. The van der Waals surface area contributed by atoms with Crippen molar-refractivity contribution in [2.24, 2.45) is 5.92 Å². The van der Waals surface area contributed by atoms with Crippen LogP contribution in [0.2, 0.25) is 0 Å². The molecule has 6 aromatic rings. The van der Waals surface area contributed by atoms with Gasteiger partial charge >= 0.3 is 0 Å². The molecule has 4 aliphatic rings. The number of rotatable bonds is 5. The van der Waals surface area contributed by atoms with Crippen molar-refractivity contribution >= 4 is 22.4 Å². The van der Waals surface area contributed by atoms with Crippen molar-refractivity contribution in [3.63, 3.8) is 0 Å². The van der Waals surface area contributed by atoms with E-state index in [4.69, 9.17) is 4.98 Å². The van der Waals surface area contributed by atoms with Crippen LogP contribution in [0.3, 0.4) is 0 Å². The molecule has 53 heavy (non-hydrogen) atoms. The molecule has 4 heteroatoms. The maximum absolute atomic E-state index is 11.1. The lowest BCUT2D eigenvalue weighted by atomic mass is 9.66. The number of nitriles is 1. The molecule has 0 N–H and O–H groups in total. The number of aromatic nitrogens is 2. The fourth-order valence-electron chi connectivity index (χ4n) is 10.1. The molecule has 10 rings (SSSR count). The van der Waals surface area contributed by atoms with Gasteiger partial charge in [0.05, 0.1) is 17.1 Å². The van der Waals surface area contributed by atoms with E-state index >= 15 is 0 Å². The van der Waals surface area contributed by atoms with E-state index in [1.807, 2.05) is 0 Å². The van der Waals surface area contributed by atoms with E-state index in [1.54, 1.807) is 5.57 Å². The number of hydrogen-bond acceptors (Lipinski definition) is 3. The molecule has 2 aromatic heterocycles. The Bertz CT molecular complexity index is 2510. The summed E-state index contributed by atoms with van der Waals surface area (Å²) in [6, 6.07) is 43.5. The summed E-state index contributed by atoms with van der Waals surface area (Å²) < 4.78 is 2.51.